The molecule has 5 nitrogen and oxygen atoms in total. The first-order valence-corrected chi connectivity index (χ1v) is 22.9. The Balaban J connectivity index is 5.26. The van der Waals surface area contributed by atoms with Crippen LogP contribution >= 0.6 is 99.7 Å². The Hall–Kier alpha value is 2.57. The van der Waals surface area contributed by atoms with E-state index in [1.165, 1.54) is 12.2 Å². The molecule has 0 unspecified atom stereocenters. The number of allylic oxidation sites excluding steroid dienone is 1. The van der Waals surface area contributed by atoms with Gasteiger partial charge >= 0.3 is 33.5 Å². The van der Waals surface area contributed by atoms with Gasteiger partial charge in [-0.1, -0.05) is 106 Å². The summed E-state index contributed by atoms with van der Waals surface area (Å²) in [6.07, 6.45) is -8.43. The van der Waals surface area contributed by atoms with Gasteiger partial charge in [-0.3, -0.25) is 0 Å². The van der Waals surface area contributed by atoms with Gasteiger partial charge in [0.25, 0.3) is 0 Å². The maximum absolute atomic E-state index is 11.3. The van der Waals surface area contributed by atoms with E-state index in [2.05, 4.69) is 0 Å². The zero-order valence-electron chi connectivity index (χ0n) is 12.2. The van der Waals surface area contributed by atoms with E-state index < -0.39 is 33.5 Å². The van der Waals surface area contributed by atoms with Gasteiger partial charge in [-0.05, 0) is 13.3 Å². The molecule has 0 atom stereocenters. The van der Waals surface area contributed by atoms with E-state index in [-0.39, 0.29) is 19.1 Å². The third kappa shape index (κ3) is 16.1. The SMILES string of the molecule is CC=CC(=O)OCCC[Si](O[Si](Cl)(Cl)Cl)(O[Si](Cl)(Cl)Cl)O[Si](Cl)(Cl)Cl. The molecule has 0 rings (SSSR count). The van der Waals surface area contributed by atoms with Gasteiger partial charge in [0, 0.05) is 12.1 Å². The minimum absolute atomic E-state index is 0.0295. The lowest BCUT2D eigenvalue weighted by atomic mass is 10.5. The maximum atomic E-state index is 11.3. The topological polar surface area (TPSA) is 54.0 Å². The van der Waals surface area contributed by atoms with E-state index in [0.29, 0.717) is 0 Å². The summed E-state index contributed by atoms with van der Waals surface area (Å²) < 4.78 is 21.0. The van der Waals surface area contributed by atoms with Gasteiger partial charge in [0.2, 0.25) is 0 Å². The molecule has 0 aromatic rings. The fourth-order valence-corrected chi connectivity index (χ4v) is 18.6. The molecule has 0 N–H and O–H groups in total. The van der Waals surface area contributed by atoms with Gasteiger partial charge in [-0.15, -0.1) is 0 Å². The smallest absolute Gasteiger partial charge is 0.463 e. The van der Waals surface area contributed by atoms with Crippen molar-refractivity contribution in [1.29, 1.82) is 0 Å². The standard InChI is InChI=1S/C7H11Cl9O5Si4/c1-2-4-7(17)18-5-3-6-22(19-23(8,9)10,20-24(11,12)13)21-25(14,15)16/h2,4H,3,5-6H2,1H3. The van der Waals surface area contributed by atoms with E-state index in [1.54, 1.807) is 6.92 Å². The molecule has 0 aromatic carbocycles. The molecular formula is C7H11Cl9O5Si4. The van der Waals surface area contributed by atoms with E-state index in [9.17, 15) is 4.79 Å². The highest BCUT2D eigenvalue weighted by atomic mass is 35.9. The lowest BCUT2D eigenvalue weighted by molar-refractivity contribution is -0.137. The molecule has 0 radical (unpaired) electrons. The van der Waals surface area contributed by atoms with Crippen molar-refractivity contribution in [2.75, 3.05) is 6.61 Å². The Kier molecular flexibility index (Phi) is 12.9. The molecule has 0 aromatic heterocycles. The largest absolute Gasteiger partial charge is 0.486 e. The first-order valence-electron chi connectivity index (χ1n) is 6.18. The molecule has 0 heterocycles. The average Bonchev–Trinajstić information content (AvgIpc) is 2.28. The zero-order valence-corrected chi connectivity index (χ0v) is 23.0. The van der Waals surface area contributed by atoms with Crippen molar-refractivity contribution >= 4 is 133 Å². The van der Waals surface area contributed by atoms with Crippen LogP contribution < -0.4 is 0 Å². The molecule has 0 bridgehead atoms. The fourth-order valence-electron chi connectivity index (χ4n) is 1.39. The Labute approximate surface area is 191 Å². The number of carbonyl (C=O) groups excluding carboxylic acids is 1. The predicted molar refractivity (Wildman–Crippen MR) is 114 cm³/mol. The third-order valence-corrected chi connectivity index (χ3v) is 15.7. The molecule has 0 aliphatic carbocycles. The van der Waals surface area contributed by atoms with Gasteiger partial charge in [0.05, 0.1) is 6.61 Å². The fraction of sp³-hybridized carbons (Fsp3) is 0.571. The van der Waals surface area contributed by atoms with Crippen molar-refractivity contribution in [1.82, 2.24) is 0 Å². The molecule has 0 spiro atoms. The van der Waals surface area contributed by atoms with Crippen LogP contribution in [0.15, 0.2) is 12.2 Å². The third-order valence-electron chi connectivity index (χ3n) is 1.99. The van der Waals surface area contributed by atoms with Crippen LogP contribution in [0.4, 0.5) is 0 Å². The monoisotopic (exact) mass is 602 g/mol. The maximum Gasteiger partial charge on any atom is 0.486 e. The summed E-state index contributed by atoms with van der Waals surface area (Å²) in [5.74, 6) is -0.542. The predicted octanol–water partition coefficient (Wildman–Crippen LogP) is 5.94. The van der Waals surface area contributed by atoms with Gasteiger partial charge in [0.1, 0.15) is 0 Å². The van der Waals surface area contributed by atoms with Crippen LogP contribution in [0.2, 0.25) is 6.04 Å². The van der Waals surface area contributed by atoms with Crippen LogP contribution in [0.5, 0.6) is 0 Å². The summed E-state index contributed by atoms with van der Waals surface area (Å²) in [5.41, 5.74) is 0. The van der Waals surface area contributed by atoms with Crippen LogP contribution in [0.3, 0.4) is 0 Å². The van der Waals surface area contributed by atoms with Gasteiger partial charge in [-0.2, -0.15) is 0 Å². The Morgan fingerprint density at radius 3 is 1.56 bits per heavy atom. The molecule has 0 saturated heterocycles. The number of esters is 1. The summed E-state index contributed by atoms with van der Waals surface area (Å²) in [7, 11) is -4.00. The van der Waals surface area contributed by atoms with Gasteiger partial charge in [0.15, 0.2) is 0 Å². The molecule has 18 heteroatoms. The number of hydrogen-bond donors (Lipinski definition) is 0. The molecule has 0 saturated carbocycles. The number of carbonyl (C=O) groups is 1. The normalized spacial score (nSPS) is 14.2. The molecule has 0 fully saturated rings. The highest BCUT2D eigenvalue weighted by Gasteiger charge is 2.57. The molecule has 25 heavy (non-hydrogen) atoms. The van der Waals surface area contributed by atoms with Crippen molar-refractivity contribution in [3.8, 4) is 0 Å². The summed E-state index contributed by atoms with van der Waals surface area (Å²) in [6.45, 7) is 1.63. The van der Waals surface area contributed by atoms with Crippen LogP contribution in [0, 0.1) is 0 Å². The molecule has 0 amide bonds. The van der Waals surface area contributed by atoms with Crippen LogP contribution in [0.1, 0.15) is 13.3 Å². The highest BCUT2D eigenvalue weighted by molar-refractivity contribution is 7.65. The van der Waals surface area contributed by atoms with E-state index in [4.69, 9.17) is 117 Å². The van der Waals surface area contributed by atoms with Crippen molar-refractivity contribution in [2.45, 2.75) is 19.4 Å². The Bertz CT molecular complexity index is 422. The lowest BCUT2D eigenvalue weighted by Crippen LogP contribution is -2.57. The number of ether oxygens (including phenoxy) is 1. The highest BCUT2D eigenvalue weighted by Crippen LogP contribution is 2.39. The van der Waals surface area contributed by atoms with Crippen LogP contribution in [0.25, 0.3) is 0 Å². The summed E-state index contributed by atoms with van der Waals surface area (Å²) in [6, 6.07) is -0.0706. The average molecular weight is 607 g/mol. The minimum atomic E-state index is -4.00. The molecule has 0 aliphatic rings. The second-order valence-corrected chi connectivity index (χ2v) is 30.7. The molecular weight excluding hydrogens is 595 g/mol. The van der Waals surface area contributed by atoms with Crippen molar-refractivity contribution in [3.05, 3.63) is 12.2 Å². The van der Waals surface area contributed by atoms with Crippen molar-refractivity contribution in [3.63, 3.8) is 0 Å². The quantitative estimate of drug-likeness (QED) is 0.0959. The lowest BCUT2D eigenvalue weighted by Gasteiger charge is -2.35. The number of hydrogen-bond acceptors (Lipinski definition) is 5. The van der Waals surface area contributed by atoms with E-state index >= 15 is 0 Å². The summed E-state index contributed by atoms with van der Waals surface area (Å²) in [4.78, 5) is 11.3. The van der Waals surface area contributed by atoms with E-state index in [0.717, 1.165) is 0 Å². The minimum Gasteiger partial charge on any atom is -0.463 e. The van der Waals surface area contributed by atoms with Gasteiger partial charge in [-0.25, -0.2) is 4.79 Å². The van der Waals surface area contributed by atoms with Gasteiger partial charge < -0.3 is 17.1 Å². The summed E-state index contributed by atoms with van der Waals surface area (Å²) in [5, 5.41) is 0. The first-order chi connectivity index (χ1) is 11.1. The van der Waals surface area contributed by atoms with E-state index in [1.807, 2.05) is 0 Å². The van der Waals surface area contributed by atoms with Crippen LogP contribution in [-0.4, -0.2) is 40.1 Å². The Morgan fingerprint density at radius 2 is 1.24 bits per heavy atom. The van der Waals surface area contributed by atoms with Crippen molar-refractivity contribution in [2.24, 2.45) is 0 Å². The number of rotatable bonds is 11. The number of halogens is 9. The molecule has 148 valence electrons. The first kappa shape index (κ1) is 27.6. The second kappa shape index (κ2) is 11.7. The second-order valence-electron chi connectivity index (χ2n) is 4.10. The van der Waals surface area contributed by atoms with Crippen LogP contribution in [-0.2, 0) is 21.9 Å². The zero-order chi connectivity index (χ0) is 19.9. The summed E-state index contributed by atoms with van der Waals surface area (Å²) >= 11 is 52.0. The Morgan fingerprint density at radius 1 is 0.840 bits per heavy atom. The molecule has 0 aliphatic heterocycles. The van der Waals surface area contributed by atoms with Crippen molar-refractivity contribution < 1.29 is 21.9 Å².